The van der Waals surface area contributed by atoms with E-state index in [-0.39, 0.29) is 33.7 Å². The number of fused-ring (bicyclic) bond motifs is 6. The first-order valence-electron chi connectivity index (χ1n) is 16.5. The van der Waals surface area contributed by atoms with Gasteiger partial charge in [-0.15, -0.1) is 0 Å². The molecule has 9 unspecified atom stereocenters. The molecule has 42 heavy (non-hydrogen) atoms. The van der Waals surface area contributed by atoms with E-state index in [0.717, 1.165) is 50.7 Å². The number of amides is 1. The molecule has 5 aliphatic carbocycles. The van der Waals surface area contributed by atoms with Gasteiger partial charge in [-0.3, -0.25) is 4.79 Å². The molecule has 1 spiro atoms. The molecule has 0 aromatic carbocycles. The van der Waals surface area contributed by atoms with Crippen molar-refractivity contribution in [3.8, 4) is 0 Å². The van der Waals surface area contributed by atoms with Gasteiger partial charge in [0.25, 0.3) is 0 Å². The molecule has 1 aromatic heterocycles. The molecule has 1 saturated heterocycles. The number of epoxide rings is 1. The van der Waals surface area contributed by atoms with Crippen LogP contribution in [-0.2, 0) is 21.4 Å². The third-order valence-electron chi connectivity index (χ3n) is 13.6. The summed E-state index contributed by atoms with van der Waals surface area (Å²) in [6, 6.07) is 0. The third-order valence-corrected chi connectivity index (χ3v) is 13.6. The lowest BCUT2D eigenvalue weighted by Gasteiger charge is -2.67. The molecule has 8 heteroatoms. The highest BCUT2D eigenvalue weighted by molar-refractivity contribution is 5.84. The molecule has 1 aromatic rings. The minimum Gasteiger partial charge on any atom is -0.365 e. The number of ether oxygens (including phenoxy) is 1. The smallest absolute Gasteiger partial charge is 0.365 e. The van der Waals surface area contributed by atoms with E-state index in [0.29, 0.717) is 30.6 Å². The topological polar surface area (TPSA) is 67.7 Å². The van der Waals surface area contributed by atoms with Crippen molar-refractivity contribution in [2.24, 2.45) is 45.3 Å². The lowest BCUT2D eigenvalue weighted by atomic mass is 9.35. The number of nitrogens with one attached hydrogen (secondary N) is 1. The van der Waals surface area contributed by atoms with Gasteiger partial charge in [-0.25, -0.2) is 0 Å². The molecule has 1 aliphatic heterocycles. The van der Waals surface area contributed by atoms with Gasteiger partial charge in [-0.1, -0.05) is 60.5 Å². The van der Waals surface area contributed by atoms with E-state index in [9.17, 15) is 18.0 Å². The van der Waals surface area contributed by atoms with Crippen LogP contribution in [-0.4, -0.2) is 35.5 Å². The molecule has 0 radical (unpaired) electrons. The normalized spacial score (nSPS) is 45.7. The zero-order valence-corrected chi connectivity index (χ0v) is 26.8. The molecule has 236 valence electrons. The zero-order valence-electron chi connectivity index (χ0n) is 26.8. The molecule has 0 bridgehead atoms. The van der Waals surface area contributed by atoms with Crippen molar-refractivity contribution >= 4 is 5.91 Å². The van der Waals surface area contributed by atoms with E-state index in [1.807, 2.05) is 20.0 Å². The van der Waals surface area contributed by atoms with Crippen LogP contribution in [0.15, 0.2) is 10.7 Å². The average Bonchev–Trinajstić information content (AvgIpc) is 3.42. The largest absolute Gasteiger partial charge is 0.405 e. The molecular weight excluding hydrogens is 541 g/mol. The number of carbonyl (C=O) groups excluding carboxylic acids is 1. The van der Waals surface area contributed by atoms with Gasteiger partial charge in [0, 0.05) is 16.9 Å². The number of aromatic nitrogens is 1. The van der Waals surface area contributed by atoms with Crippen molar-refractivity contribution in [3.63, 3.8) is 0 Å². The summed E-state index contributed by atoms with van der Waals surface area (Å²) < 4.78 is 52.2. The molecule has 2 heterocycles. The van der Waals surface area contributed by atoms with Gasteiger partial charge in [0.15, 0.2) is 0 Å². The van der Waals surface area contributed by atoms with Gasteiger partial charge in [0.05, 0.1) is 17.7 Å². The van der Waals surface area contributed by atoms with Gasteiger partial charge in [-0.05, 0) is 91.8 Å². The van der Waals surface area contributed by atoms with Crippen LogP contribution in [0.1, 0.15) is 118 Å². The second-order valence-corrected chi connectivity index (χ2v) is 16.4. The number of halogens is 3. The molecule has 6 aliphatic rings. The number of nitrogens with zero attached hydrogens (tertiary/aromatic N) is 1. The highest BCUT2D eigenvalue weighted by Gasteiger charge is 2.81. The zero-order chi connectivity index (χ0) is 30.7. The van der Waals surface area contributed by atoms with Crippen molar-refractivity contribution < 1.29 is 27.2 Å². The highest BCUT2D eigenvalue weighted by atomic mass is 19.4. The Morgan fingerprint density at radius 2 is 1.64 bits per heavy atom. The predicted octanol–water partition coefficient (Wildman–Crippen LogP) is 8.02. The van der Waals surface area contributed by atoms with E-state index in [2.05, 4.69) is 52.0 Å². The van der Waals surface area contributed by atoms with E-state index in [4.69, 9.17) is 9.26 Å². The number of rotatable bonds is 2. The summed E-state index contributed by atoms with van der Waals surface area (Å²) >= 11 is 0. The maximum atomic E-state index is 13.7. The van der Waals surface area contributed by atoms with E-state index < -0.39 is 29.6 Å². The average molecular weight is 593 g/mol. The van der Waals surface area contributed by atoms with Crippen LogP contribution >= 0.6 is 0 Å². The fourth-order valence-corrected chi connectivity index (χ4v) is 12.0. The maximum absolute atomic E-state index is 13.7. The molecule has 1 amide bonds. The molecule has 7 rings (SSSR count). The minimum atomic E-state index is -4.42. The molecule has 5 nitrogen and oxygen atoms in total. The quantitative estimate of drug-likeness (QED) is 0.353. The Morgan fingerprint density at radius 3 is 2.33 bits per heavy atom. The van der Waals surface area contributed by atoms with E-state index >= 15 is 0 Å². The first-order chi connectivity index (χ1) is 19.5. The first kappa shape index (κ1) is 30.5. The summed E-state index contributed by atoms with van der Waals surface area (Å²) in [5, 5.41) is 6.53. The van der Waals surface area contributed by atoms with Crippen molar-refractivity contribution in [3.05, 3.63) is 17.5 Å². The summed E-state index contributed by atoms with van der Waals surface area (Å²) in [6.07, 6.45) is 5.56. The molecule has 1 N–H and O–H groups in total. The lowest BCUT2D eigenvalue weighted by Crippen LogP contribution is -2.68. The van der Waals surface area contributed by atoms with Gasteiger partial charge < -0.3 is 14.6 Å². The number of alkyl halides is 3. The Hall–Kier alpha value is -1.57. The minimum absolute atomic E-state index is 0.0328. The van der Waals surface area contributed by atoms with Crippen LogP contribution < -0.4 is 5.32 Å². The second-order valence-electron chi connectivity index (χ2n) is 16.4. The number of carbonyl (C=O) groups is 1. The van der Waals surface area contributed by atoms with Gasteiger partial charge in [0.1, 0.15) is 17.9 Å². The maximum Gasteiger partial charge on any atom is 0.405 e. The van der Waals surface area contributed by atoms with Crippen LogP contribution in [0, 0.1) is 45.3 Å². The SMILES string of the molecule is CC.CC1(C)CCC2(C(=O)NCC(F)(F)F)CCC3C4(C)CCC5C(C)(C)c6oncc6CC5(C)C4CC4OC43C2C1. The third kappa shape index (κ3) is 3.97. The van der Waals surface area contributed by atoms with E-state index in [1.165, 1.54) is 5.56 Å². The first-order valence-corrected chi connectivity index (χ1v) is 16.5. The Bertz CT molecular complexity index is 1240. The van der Waals surface area contributed by atoms with Crippen LogP contribution in [0.5, 0.6) is 0 Å². The van der Waals surface area contributed by atoms with Gasteiger partial charge >= 0.3 is 6.18 Å². The van der Waals surface area contributed by atoms with Crippen LogP contribution in [0.25, 0.3) is 0 Å². The molecule has 5 fully saturated rings. The Balaban J connectivity index is 0.00000155. The summed E-state index contributed by atoms with van der Waals surface area (Å²) in [5.41, 5.74) is 0.138. The Kier molecular flexibility index (Phi) is 6.69. The van der Waals surface area contributed by atoms with Crippen LogP contribution in [0.2, 0.25) is 0 Å². The van der Waals surface area contributed by atoms with Gasteiger partial charge in [0.2, 0.25) is 5.91 Å². The monoisotopic (exact) mass is 592 g/mol. The van der Waals surface area contributed by atoms with Crippen molar-refractivity contribution in [2.75, 3.05) is 6.54 Å². The molecule has 9 atom stereocenters. The highest BCUT2D eigenvalue weighted by Crippen LogP contribution is 2.78. The lowest BCUT2D eigenvalue weighted by molar-refractivity contribution is -0.188. The Morgan fingerprint density at radius 1 is 0.952 bits per heavy atom. The van der Waals surface area contributed by atoms with Gasteiger partial charge in [-0.2, -0.15) is 13.2 Å². The van der Waals surface area contributed by atoms with Crippen molar-refractivity contribution in [1.82, 2.24) is 10.5 Å². The summed E-state index contributed by atoms with van der Waals surface area (Å²) in [4.78, 5) is 13.7. The molecular formula is C34H51F3N2O3. The predicted molar refractivity (Wildman–Crippen MR) is 155 cm³/mol. The van der Waals surface area contributed by atoms with Crippen LogP contribution in [0.3, 0.4) is 0 Å². The molecule has 4 saturated carbocycles. The fraction of sp³-hybridized carbons (Fsp3) is 0.882. The van der Waals surface area contributed by atoms with E-state index in [1.54, 1.807) is 0 Å². The van der Waals surface area contributed by atoms with Crippen molar-refractivity contribution in [1.29, 1.82) is 0 Å². The van der Waals surface area contributed by atoms with Crippen LogP contribution in [0.4, 0.5) is 13.2 Å². The number of hydrogen-bond acceptors (Lipinski definition) is 4. The summed E-state index contributed by atoms with van der Waals surface area (Å²) in [6.45, 7) is 16.9. The Labute approximate surface area is 249 Å². The van der Waals surface area contributed by atoms with Crippen molar-refractivity contribution in [2.45, 2.75) is 136 Å². The summed E-state index contributed by atoms with van der Waals surface area (Å²) in [5.74, 6) is 1.86. The summed E-state index contributed by atoms with van der Waals surface area (Å²) in [7, 11) is 0. The standard InChI is InChI=1S/C32H45F3N2O3.C2H6/c1-26(2)11-12-30(25(38)36-17-31(33,34)35)10-8-20-28(5)9-7-19-27(3,4)24-18(16-37-40-24)14-29(19,6)21(28)13-23-32(20,39-23)22(30)15-26;1-2/h16,19-23H,7-15,17H2,1-6H3,(H,36,38);1-2H3. The second kappa shape index (κ2) is 9.23. The number of hydrogen-bond donors (Lipinski definition) is 1. The fourth-order valence-electron chi connectivity index (χ4n) is 12.0.